The molecule has 0 amide bonds. The molecule has 1 atom stereocenters. The molecule has 2 nitrogen and oxygen atoms in total. The van der Waals surface area contributed by atoms with Crippen LogP contribution in [0.4, 0.5) is 5.69 Å². The largest absolute Gasteiger partial charge is 0.399 e. The van der Waals surface area contributed by atoms with Gasteiger partial charge < -0.3 is 11.5 Å². The Bertz CT molecular complexity index is 302. The third-order valence-electron chi connectivity index (χ3n) is 2.56. The van der Waals surface area contributed by atoms with Crippen molar-refractivity contribution in [2.45, 2.75) is 32.2 Å². The van der Waals surface area contributed by atoms with Crippen LogP contribution in [0.2, 0.25) is 0 Å². The Morgan fingerprint density at radius 3 is 2.88 bits per heavy atom. The van der Waals surface area contributed by atoms with Gasteiger partial charge in [0.15, 0.2) is 0 Å². The lowest BCUT2D eigenvalue weighted by Crippen LogP contribution is -2.21. The Kier molecular flexibility index (Phi) is 6.34. The molecule has 1 aromatic rings. The lowest BCUT2D eigenvalue weighted by atomic mass is 10.1. The van der Waals surface area contributed by atoms with Crippen molar-refractivity contribution in [1.29, 1.82) is 0 Å². The zero-order valence-electron chi connectivity index (χ0n) is 9.99. The number of benzene rings is 1. The first-order valence-electron chi connectivity index (χ1n) is 5.90. The fourth-order valence-electron chi connectivity index (χ4n) is 1.48. The minimum Gasteiger partial charge on any atom is -0.399 e. The fraction of sp³-hybridized carbons (Fsp3) is 0.538. The highest BCUT2D eigenvalue weighted by Crippen LogP contribution is 2.12. The van der Waals surface area contributed by atoms with E-state index in [2.05, 4.69) is 19.1 Å². The van der Waals surface area contributed by atoms with Gasteiger partial charge in [-0.3, -0.25) is 0 Å². The molecule has 0 saturated heterocycles. The second-order valence-corrected chi connectivity index (χ2v) is 5.24. The molecule has 0 radical (unpaired) electrons. The van der Waals surface area contributed by atoms with Gasteiger partial charge in [-0.2, -0.15) is 11.8 Å². The van der Waals surface area contributed by atoms with Crippen LogP contribution in [0.15, 0.2) is 24.3 Å². The van der Waals surface area contributed by atoms with E-state index in [0.717, 1.165) is 24.3 Å². The van der Waals surface area contributed by atoms with Crippen LogP contribution in [0.3, 0.4) is 0 Å². The molecule has 1 unspecified atom stereocenters. The molecule has 1 aromatic carbocycles. The zero-order valence-corrected chi connectivity index (χ0v) is 10.8. The molecule has 16 heavy (non-hydrogen) atoms. The molecule has 0 aromatic heterocycles. The number of rotatable bonds is 7. The van der Waals surface area contributed by atoms with E-state index in [1.807, 2.05) is 23.9 Å². The van der Waals surface area contributed by atoms with Crippen molar-refractivity contribution < 1.29 is 0 Å². The van der Waals surface area contributed by atoms with E-state index in [1.54, 1.807) is 0 Å². The van der Waals surface area contributed by atoms with Crippen molar-refractivity contribution in [3.63, 3.8) is 0 Å². The van der Waals surface area contributed by atoms with Crippen LogP contribution in [-0.2, 0) is 6.42 Å². The Morgan fingerprint density at radius 2 is 2.19 bits per heavy atom. The molecule has 0 saturated carbocycles. The van der Waals surface area contributed by atoms with E-state index in [4.69, 9.17) is 11.5 Å². The molecule has 0 aliphatic rings. The highest BCUT2D eigenvalue weighted by atomic mass is 32.2. The topological polar surface area (TPSA) is 52.0 Å². The van der Waals surface area contributed by atoms with Crippen LogP contribution in [-0.4, -0.2) is 17.5 Å². The van der Waals surface area contributed by atoms with Gasteiger partial charge >= 0.3 is 0 Å². The van der Waals surface area contributed by atoms with Crippen molar-refractivity contribution >= 4 is 17.4 Å². The quantitative estimate of drug-likeness (QED) is 0.567. The van der Waals surface area contributed by atoms with E-state index in [0.29, 0.717) is 6.04 Å². The molecule has 4 N–H and O–H groups in total. The van der Waals surface area contributed by atoms with Gasteiger partial charge in [0.1, 0.15) is 0 Å². The molecule has 0 bridgehead atoms. The Hall–Kier alpha value is -0.670. The lowest BCUT2D eigenvalue weighted by molar-refractivity contribution is 0.724. The predicted molar refractivity (Wildman–Crippen MR) is 74.8 cm³/mol. The number of nitrogen functional groups attached to an aromatic ring is 1. The molecule has 90 valence electrons. The molecule has 0 aliphatic carbocycles. The second-order valence-electron chi connectivity index (χ2n) is 4.09. The molecule has 0 spiro atoms. The fourth-order valence-corrected chi connectivity index (χ4v) is 2.53. The summed E-state index contributed by atoms with van der Waals surface area (Å²) >= 11 is 1.95. The minimum atomic E-state index is 0.359. The van der Waals surface area contributed by atoms with Crippen LogP contribution < -0.4 is 11.5 Å². The van der Waals surface area contributed by atoms with Crippen LogP contribution in [0.5, 0.6) is 0 Å². The van der Waals surface area contributed by atoms with Crippen molar-refractivity contribution in [2.75, 3.05) is 17.2 Å². The number of nitrogens with two attached hydrogens (primary N) is 2. The molecular weight excluding hydrogens is 216 g/mol. The maximum absolute atomic E-state index is 5.85. The summed E-state index contributed by atoms with van der Waals surface area (Å²) in [5, 5.41) is 0. The van der Waals surface area contributed by atoms with Crippen molar-refractivity contribution in [3.8, 4) is 0 Å². The van der Waals surface area contributed by atoms with Gasteiger partial charge in [0.05, 0.1) is 0 Å². The van der Waals surface area contributed by atoms with Gasteiger partial charge in [-0.25, -0.2) is 0 Å². The molecule has 0 fully saturated rings. The van der Waals surface area contributed by atoms with Gasteiger partial charge in [-0.05, 0) is 42.7 Å². The van der Waals surface area contributed by atoms with Gasteiger partial charge in [0.25, 0.3) is 0 Å². The summed E-state index contributed by atoms with van der Waals surface area (Å²) in [6, 6.07) is 8.50. The van der Waals surface area contributed by atoms with Crippen LogP contribution >= 0.6 is 11.8 Å². The SMILES string of the molecule is CCC(N)CSCCCc1cccc(N)c1. The van der Waals surface area contributed by atoms with Crippen molar-refractivity contribution in [2.24, 2.45) is 5.73 Å². The average Bonchev–Trinajstić information content (AvgIpc) is 2.28. The molecule has 0 heterocycles. The smallest absolute Gasteiger partial charge is 0.0316 e. The summed E-state index contributed by atoms with van der Waals surface area (Å²) in [6.45, 7) is 2.14. The van der Waals surface area contributed by atoms with Gasteiger partial charge in [0.2, 0.25) is 0 Å². The van der Waals surface area contributed by atoms with Gasteiger partial charge in [0, 0.05) is 17.5 Å². The third-order valence-corrected chi connectivity index (χ3v) is 3.80. The summed E-state index contributed by atoms with van der Waals surface area (Å²) in [7, 11) is 0. The summed E-state index contributed by atoms with van der Waals surface area (Å²) in [5.41, 5.74) is 13.8. The van der Waals surface area contributed by atoms with E-state index in [9.17, 15) is 0 Å². The molecular formula is C13H22N2S. The van der Waals surface area contributed by atoms with E-state index >= 15 is 0 Å². The maximum Gasteiger partial charge on any atom is 0.0316 e. The van der Waals surface area contributed by atoms with Gasteiger partial charge in [-0.15, -0.1) is 0 Å². The van der Waals surface area contributed by atoms with Crippen LogP contribution in [0, 0.1) is 0 Å². The Morgan fingerprint density at radius 1 is 1.38 bits per heavy atom. The van der Waals surface area contributed by atoms with E-state index in [1.165, 1.54) is 17.7 Å². The normalized spacial score (nSPS) is 12.6. The molecule has 0 aliphatic heterocycles. The highest BCUT2D eigenvalue weighted by molar-refractivity contribution is 7.99. The van der Waals surface area contributed by atoms with E-state index < -0.39 is 0 Å². The predicted octanol–water partition coefficient (Wildman–Crippen LogP) is 2.67. The summed E-state index contributed by atoms with van der Waals surface area (Å²) in [4.78, 5) is 0. The number of aryl methyl sites for hydroxylation is 1. The van der Waals surface area contributed by atoms with Crippen LogP contribution in [0.25, 0.3) is 0 Å². The second kappa shape index (κ2) is 7.58. The Balaban J connectivity index is 2.12. The minimum absolute atomic E-state index is 0.359. The monoisotopic (exact) mass is 238 g/mol. The Labute approximate surface area is 103 Å². The summed E-state index contributed by atoms with van der Waals surface area (Å²) in [6.07, 6.45) is 3.38. The standard InChI is InChI=1S/C13H22N2S/c1-2-12(14)10-16-8-4-6-11-5-3-7-13(15)9-11/h3,5,7,9,12H,2,4,6,8,10,14-15H2,1H3. The zero-order chi connectivity index (χ0) is 11.8. The first-order valence-corrected chi connectivity index (χ1v) is 7.05. The first kappa shape index (κ1) is 13.4. The average molecular weight is 238 g/mol. The molecule has 3 heteroatoms. The lowest BCUT2D eigenvalue weighted by Gasteiger charge is -2.07. The summed E-state index contributed by atoms with van der Waals surface area (Å²) < 4.78 is 0. The van der Waals surface area contributed by atoms with Crippen molar-refractivity contribution in [1.82, 2.24) is 0 Å². The third kappa shape index (κ3) is 5.42. The number of hydrogen-bond acceptors (Lipinski definition) is 3. The number of anilines is 1. The first-order chi connectivity index (χ1) is 7.72. The number of hydrogen-bond donors (Lipinski definition) is 2. The van der Waals surface area contributed by atoms with Crippen LogP contribution in [0.1, 0.15) is 25.3 Å². The number of thioether (sulfide) groups is 1. The molecule has 1 rings (SSSR count). The maximum atomic E-state index is 5.85. The van der Waals surface area contributed by atoms with Gasteiger partial charge in [-0.1, -0.05) is 19.1 Å². The summed E-state index contributed by atoms with van der Waals surface area (Å²) in [5.74, 6) is 2.26. The van der Waals surface area contributed by atoms with E-state index in [-0.39, 0.29) is 0 Å². The highest BCUT2D eigenvalue weighted by Gasteiger charge is 1.99. The van der Waals surface area contributed by atoms with Crippen molar-refractivity contribution in [3.05, 3.63) is 29.8 Å².